The van der Waals surface area contributed by atoms with Crippen molar-refractivity contribution in [2.45, 2.75) is 19.0 Å². The van der Waals surface area contributed by atoms with Gasteiger partial charge in [0.25, 0.3) is 0 Å². The quantitative estimate of drug-likeness (QED) is 0.818. The fraction of sp³-hybridized carbons (Fsp3) is 0.400. The number of hydroxylamine groups is 2. The molecule has 1 N–H and O–H groups in total. The van der Waals surface area contributed by atoms with E-state index in [0.29, 0.717) is 18.7 Å². The highest BCUT2D eigenvalue weighted by Crippen LogP contribution is 2.17. The number of nitrogens with zero attached hydrogens (tertiary/aromatic N) is 2. The van der Waals surface area contributed by atoms with Crippen LogP contribution < -0.4 is 5.32 Å². The number of piperazine rings is 2. The lowest BCUT2D eigenvalue weighted by atomic mass is 10.1. The van der Waals surface area contributed by atoms with Gasteiger partial charge in [0.1, 0.15) is 12.1 Å². The van der Waals surface area contributed by atoms with Gasteiger partial charge in [0.2, 0.25) is 11.8 Å². The van der Waals surface area contributed by atoms with E-state index in [0.717, 1.165) is 0 Å². The number of carbonyl (C=O) groups excluding carboxylic acids is 3. The van der Waals surface area contributed by atoms with E-state index in [1.165, 1.54) is 5.06 Å². The number of hydrogen-bond acceptors (Lipinski definition) is 5. The monoisotopic (exact) mass is 303 g/mol. The van der Waals surface area contributed by atoms with E-state index in [4.69, 9.17) is 4.84 Å². The maximum atomic E-state index is 12.0. The molecular formula is C15H17N3O4. The molecule has 2 heterocycles. The van der Waals surface area contributed by atoms with Crippen LogP contribution in [0.4, 0.5) is 0 Å². The molecular weight excluding hydrogens is 286 g/mol. The molecule has 7 nitrogen and oxygen atoms in total. The first-order valence-corrected chi connectivity index (χ1v) is 7.19. The molecule has 3 rings (SSSR count). The Morgan fingerprint density at radius 2 is 1.95 bits per heavy atom. The van der Waals surface area contributed by atoms with Crippen LogP contribution in [-0.4, -0.2) is 59.5 Å². The van der Waals surface area contributed by atoms with E-state index in [1.54, 1.807) is 36.1 Å². The highest BCUT2D eigenvalue weighted by Gasteiger charge is 2.42. The van der Waals surface area contributed by atoms with E-state index < -0.39 is 18.1 Å². The Morgan fingerprint density at radius 3 is 2.68 bits per heavy atom. The van der Waals surface area contributed by atoms with Crippen LogP contribution in [0.1, 0.15) is 17.3 Å². The van der Waals surface area contributed by atoms with Crippen LogP contribution in [0, 0.1) is 0 Å². The zero-order chi connectivity index (χ0) is 15.7. The number of amides is 2. The summed E-state index contributed by atoms with van der Waals surface area (Å²) in [6.07, 6.45) is 0. The Kier molecular flexibility index (Phi) is 3.81. The first-order valence-electron chi connectivity index (χ1n) is 7.19. The molecule has 22 heavy (non-hydrogen) atoms. The SMILES string of the molecule is C[C@@H]1NC(=O)C2CN(OC(=O)c3ccccc3)CCN2C1=O. The van der Waals surface area contributed by atoms with Crippen LogP contribution in [0.25, 0.3) is 0 Å². The standard InChI is InChI=1S/C15H17N3O4/c1-10-14(20)18-8-7-17(9-12(18)13(19)16-10)22-15(21)11-5-3-2-4-6-11/h2-6,10,12H,7-9H2,1H3,(H,16,19)/t10-,12?/m0/s1. The number of nitrogens with one attached hydrogen (secondary N) is 1. The second-order valence-electron chi connectivity index (χ2n) is 5.41. The molecule has 2 fully saturated rings. The van der Waals surface area contributed by atoms with Gasteiger partial charge in [0.15, 0.2) is 0 Å². The van der Waals surface area contributed by atoms with Crippen molar-refractivity contribution in [3.63, 3.8) is 0 Å². The number of carbonyl (C=O) groups is 3. The predicted octanol–water partition coefficient (Wildman–Crippen LogP) is -0.211. The topological polar surface area (TPSA) is 79.0 Å². The third-order valence-corrected chi connectivity index (χ3v) is 3.88. The fourth-order valence-electron chi connectivity index (χ4n) is 2.69. The van der Waals surface area contributed by atoms with Crippen LogP contribution in [0.5, 0.6) is 0 Å². The zero-order valence-electron chi connectivity index (χ0n) is 12.2. The molecule has 0 radical (unpaired) electrons. The summed E-state index contributed by atoms with van der Waals surface area (Å²) in [6, 6.07) is 7.54. The second kappa shape index (κ2) is 5.76. The minimum Gasteiger partial charge on any atom is -0.364 e. The molecule has 1 unspecified atom stereocenters. The summed E-state index contributed by atoms with van der Waals surface area (Å²) in [4.78, 5) is 42.9. The van der Waals surface area contributed by atoms with Crippen molar-refractivity contribution in [1.29, 1.82) is 0 Å². The van der Waals surface area contributed by atoms with Gasteiger partial charge in [0, 0.05) is 6.54 Å². The maximum absolute atomic E-state index is 12.0. The minimum atomic E-state index is -0.610. The average molecular weight is 303 g/mol. The third-order valence-electron chi connectivity index (χ3n) is 3.88. The molecule has 7 heteroatoms. The van der Waals surface area contributed by atoms with Gasteiger partial charge >= 0.3 is 5.97 Å². The summed E-state index contributed by atoms with van der Waals surface area (Å²) in [5.41, 5.74) is 0.447. The van der Waals surface area contributed by atoms with Crippen LogP contribution >= 0.6 is 0 Å². The lowest BCUT2D eigenvalue weighted by Crippen LogP contribution is -2.68. The van der Waals surface area contributed by atoms with Crippen molar-refractivity contribution in [3.8, 4) is 0 Å². The number of hydrogen-bond donors (Lipinski definition) is 1. The van der Waals surface area contributed by atoms with Gasteiger partial charge in [-0.05, 0) is 19.1 Å². The lowest BCUT2D eigenvalue weighted by Gasteiger charge is -2.43. The summed E-state index contributed by atoms with van der Waals surface area (Å²) in [6.45, 7) is 2.60. The Bertz CT molecular complexity index is 604. The zero-order valence-corrected chi connectivity index (χ0v) is 12.2. The van der Waals surface area contributed by atoms with Crippen molar-refractivity contribution in [3.05, 3.63) is 35.9 Å². The van der Waals surface area contributed by atoms with Gasteiger partial charge in [-0.15, -0.1) is 5.06 Å². The summed E-state index contributed by atoms with van der Waals surface area (Å²) >= 11 is 0. The Labute approximate surface area is 127 Å². The molecule has 0 spiro atoms. The van der Waals surface area contributed by atoms with E-state index in [-0.39, 0.29) is 18.4 Å². The van der Waals surface area contributed by atoms with Crippen LogP contribution in [0.2, 0.25) is 0 Å². The maximum Gasteiger partial charge on any atom is 0.357 e. The molecule has 0 aliphatic carbocycles. The number of fused-ring (bicyclic) bond motifs is 1. The molecule has 1 aromatic carbocycles. The molecule has 0 aromatic heterocycles. The van der Waals surface area contributed by atoms with E-state index >= 15 is 0 Å². The predicted molar refractivity (Wildman–Crippen MR) is 76.5 cm³/mol. The van der Waals surface area contributed by atoms with E-state index in [1.807, 2.05) is 6.07 Å². The van der Waals surface area contributed by atoms with Crippen LogP contribution in [0.15, 0.2) is 30.3 Å². The van der Waals surface area contributed by atoms with E-state index in [2.05, 4.69) is 5.32 Å². The van der Waals surface area contributed by atoms with Crippen molar-refractivity contribution < 1.29 is 19.2 Å². The van der Waals surface area contributed by atoms with Crippen LogP contribution in [0.3, 0.4) is 0 Å². The molecule has 116 valence electrons. The molecule has 2 atom stereocenters. The largest absolute Gasteiger partial charge is 0.364 e. The second-order valence-corrected chi connectivity index (χ2v) is 5.41. The van der Waals surface area contributed by atoms with Crippen molar-refractivity contribution in [1.82, 2.24) is 15.3 Å². The molecule has 0 bridgehead atoms. The number of rotatable bonds is 2. The Hall–Kier alpha value is -2.41. The average Bonchev–Trinajstić information content (AvgIpc) is 2.53. The van der Waals surface area contributed by atoms with Crippen LogP contribution in [-0.2, 0) is 14.4 Å². The smallest absolute Gasteiger partial charge is 0.357 e. The Balaban J connectivity index is 1.66. The molecule has 2 saturated heterocycles. The van der Waals surface area contributed by atoms with Gasteiger partial charge < -0.3 is 15.1 Å². The van der Waals surface area contributed by atoms with Crippen molar-refractivity contribution in [2.24, 2.45) is 0 Å². The molecule has 2 aliphatic heterocycles. The minimum absolute atomic E-state index is 0.0985. The molecule has 2 aliphatic rings. The van der Waals surface area contributed by atoms with Gasteiger partial charge in [-0.25, -0.2) is 4.79 Å². The summed E-state index contributed by atoms with van der Waals surface area (Å²) in [5.74, 6) is -0.781. The van der Waals surface area contributed by atoms with Gasteiger partial charge in [-0.1, -0.05) is 18.2 Å². The summed E-state index contributed by atoms with van der Waals surface area (Å²) in [5, 5.41) is 4.08. The molecule has 0 saturated carbocycles. The third kappa shape index (κ3) is 2.67. The number of benzene rings is 1. The molecule has 2 amide bonds. The normalized spacial score (nSPS) is 25.4. The van der Waals surface area contributed by atoms with Crippen molar-refractivity contribution >= 4 is 17.8 Å². The summed E-state index contributed by atoms with van der Waals surface area (Å²) in [7, 11) is 0. The van der Waals surface area contributed by atoms with Gasteiger partial charge in [0.05, 0.1) is 18.7 Å². The lowest BCUT2D eigenvalue weighted by molar-refractivity contribution is -0.172. The van der Waals surface area contributed by atoms with Gasteiger partial charge in [-0.3, -0.25) is 9.59 Å². The Morgan fingerprint density at radius 1 is 1.23 bits per heavy atom. The summed E-state index contributed by atoms with van der Waals surface area (Å²) < 4.78 is 0. The first kappa shape index (κ1) is 14.5. The highest BCUT2D eigenvalue weighted by molar-refractivity contribution is 5.97. The van der Waals surface area contributed by atoms with E-state index in [9.17, 15) is 14.4 Å². The molecule has 1 aromatic rings. The first-order chi connectivity index (χ1) is 10.6. The van der Waals surface area contributed by atoms with Crippen molar-refractivity contribution in [2.75, 3.05) is 19.6 Å². The van der Waals surface area contributed by atoms with Gasteiger partial charge in [-0.2, -0.15) is 0 Å². The fourth-order valence-corrected chi connectivity index (χ4v) is 2.69. The highest BCUT2D eigenvalue weighted by atomic mass is 16.7.